The van der Waals surface area contributed by atoms with Gasteiger partial charge in [-0.3, -0.25) is 0 Å². The van der Waals surface area contributed by atoms with Crippen molar-refractivity contribution < 1.29 is 29.9 Å². The van der Waals surface area contributed by atoms with Gasteiger partial charge in [-0.25, -0.2) is 4.98 Å². The van der Waals surface area contributed by atoms with Crippen molar-refractivity contribution in [2.45, 2.75) is 20.8 Å². The van der Waals surface area contributed by atoms with Crippen LogP contribution >= 0.6 is 0 Å². The van der Waals surface area contributed by atoms with Crippen LogP contribution in [-0.2, 0) is 21.1 Å². The molecule has 0 amide bonds. The Morgan fingerprint density at radius 3 is 2.44 bits per heavy atom. The number of quaternary nitrogens is 2. The number of aryl methyl sites for hydroxylation is 3. The predicted molar refractivity (Wildman–Crippen MR) is 162 cm³/mol. The van der Waals surface area contributed by atoms with E-state index in [0.29, 0.717) is 22.7 Å². The van der Waals surface area contributed by atoms with Crippen molar-refractivity contribution in [3.63, 3.8) is 0 Å². The first-order chi connectivity index (χ1) is 20.6. The van der Waals surface area contributed by atoms with Gasteiger partial charge >= 0.3 is 0 Å². The van der Waals surface area contributed by atoms with Crippen LogP contribution in [0.25, 0.3) is 27.6 Å². The van der Waals surface area contributed by atoms with Crippen molar-refractivity contribution in [2.24, 2.45) is 0 Å². The molecular weight excluding hydrogens is 687 g/mol. The second-order valence-electron chi connectivity index (χ2n) is 11.1. The van der Waals surface area contributed by atoms with Crippen molar-refractivity contribution >= 4 is 38.9 Å². The molecule has 206 valence electrons. The molecule has 0 radical (unpaired) electrons. The Hall–Kier alpha value is -3.76. The molecule has 4 aromatic carbocycles. The summed E-state index contributed by atoms with van der Waals surface area (Å²) in [6.07, 6.45) is 1.79. The van der Waals surface area contributed by atoms with E-state index in [4.69, 9.17) is 8.85 Å². The number of fused-ring (bicyclic) bond motifs is 3. The number of hydrogen-bond acceptors (Lipinski definition) is 2. The van der Waals surface area contributed by atoms with Crippen LogP contribution in [0.4, 0.5) is 17.1 Å². The quantitative estimate of drug-likeness (QED) is 0.136. The molecule has 2 atom stereocenters. The molecule has 0 aliphatic carbocycles. The van der Waals surface area contributed by atoms with Crippen molar-refractivity contribution in [2.75, 3.05) is 13.6 Å². The van der Waals surface area contributed by atoms with Gasteiger partial charge in [0.2, 0.25) is 0 Å². The molecule has 0 spiro atoms. The van der Waals surface area contributed by atoms with E-state index in [1.54, 1.807) is 6.20 Å². The topological polar surface area (TPSA) is 27.1 Å². The van der Waals surface area contributed by atoms with E-state index in [0.717, 1.165) is 61.4 Å². The number of aromatic nitrogens is 2. The van der Waals surface area contributed by atoms with Crippen LogP contribution < -0.4 is 13.7 Å². The summed E-state index contributed by atoms with van der Waals surface area (Å²) in [7, 11) is 0. The zero-order valence-electron chi connectivity index (χ0n) is 25.9. The third kappa shape index (κ3) is 3.76. The third-order valence-corrected chi connectivity index (χ3v) is 8.35. The summed E-state index contributed by atoms with van der Waals surface area (Å²) in [6, 6.07) is 33.4. The molecule has 3 aliphatic heterocycles. The van der Waals surface area contributed by atoms with E-state index in [2.05, 4.69) is 58.9 Å². The summed E-state index contributed by atoms with van der Waals surface area (Å²) in [5.74, 6) is 1.93. The van der Waals surface area contributed by atoms with E-state index in [9.17, 15) is 0 Å². The molecule has 41 heavy (non-hydrogen) atoms. The molecule has 2 bridgehead atoms. The molecule has 0 saturated carbocycles. The Balaban J connectivity index is 0.00000312. The van der Waals surface area contributed by atoms with E-state index in [-0.39, 0.29) is 25.5 Å². The Bertz CT molecular complexity index is 2100. The zero-order chi connectivity index (χ0) is 29.7. The van der Waals surface area contributed by atoms with E-state index in [1.807, 2.05) is 69.0 Å². The van der Waals surface area contributed by atoms with Gasteiger partial charge in [0, 0.05) is 62.1 Å². The summed E-state index contributed by atoms with van der Waals surface area (Å²) in [6.45, 7) is 6.24. The normalized spacial score (nSPS) is 21.9. The van der Waals surface area contributed by atoms with Crippen molar-refractivity contribution in [1.82, 2.24) is 18.5 Å². The van der Waals surface area contributed by atoms with Crippen LogP contribution in [0.15, 0.2) is 85.1 Å². The number of ether oxygens (including phenoxy) is 1. The standard InChI is InChI=1S/C35H29N4O.Pt/c1-23-15-26(39-21-38(4,22-39)33-17-24(2)25(3)18-34(33)39)19-28(16-23)40-27-12-13-30-29-9-5-6-10-31(29)37(32(30)20-27)35-11-7-8-14-36-35;/h5-18,21H,22H2,1-4H3;/q-1;/t38-,39+;/m0./s1/i4D3;. The smallest absolute Gasteiger partial charge is 0.179 e. The maximum Gasteiger partial charge on any atom is 0.179 e. The van der Waals surface area contributed by atoms with Gasteiger partial charge < -0.3 is 18.3 Å². The van der Waals surface area contributed by atoms with Gasteiger partial charge in [-0.2, -0.15) is 11.6 Å². The van der Waals surface area contributed by atoms with Gasteiger partial charge in [0.1, 0.15) is 5.82 Å². The minimum atomic E-state index is -2.20. The molecule has 0 N–H and O–H groups in total. The van der Waals surface area contributed by atoms with Gasteiger partial charge in [0.25, 0.3) is 0 Å². The largest absolute Gasteiger partial charge is 0.509 e. The van der Waals surface area contributed by atoms with E-state index >= 15 is 0 Å². The number of hydrogen-bond donors (Lipinski definition) is 0. The molecule has 9 rings (SSSR count). The average molecular weight is 720 g/mol. The summed E-state index contributed by atoms with van der Waals surface area (Å²) >= 11 is 0. The fraction of sp³-hybridized carbons (Fsp3) is 0.143. The molecular formula is C35H29N4OPt-. The van der Waals surface area contributed by atoms with Crippen LogP contribution in [0, 0.1) is 39.6 Å². The average Bonchev–Trinajstić information content (AvgIpc) is 3.53. The second kappa shape index (κ2) is 9.12. The fourth-order valence-electron chi connectivity index (χ4n) is 6.34. The van der Waals surface area contributed by atoms with Gasteiger partial charge in [0.05, 0.1) is 17.8 Å². The first kappa shape index (κ1) is 22.9. The molecule has 2 aromatic heterocycles. The summed E-state index contributed by atoms with van der Waals surface area (Å²) in [5, 5.41) is 2.18. The van der Waals surface area contributed by atoms with Crippen molar-refractivity contribution in [3.8, 4) is 17.3 Å². The molecule has 5 heterocycles. The summed E-state index contributed by atoms with van der Waals surface area (Å²) in [4.78, 5) is 4.62. The maximum atomic E-state index is 8.41. The number of rotatable bonds is 4. The fourth-order valence-corrected chi connectivity index (χ4v) is 6.34. The van der Waals surface area contributed by atoms with Crippen LogP contribution in [-0.4, -0.2) is 23.2 Å². The van der Waals surface area contributed by atoms with Gasteiger partial charge in [-0.05, 0) is 48.6 Å². The van der Waals surface area contributed by atoms with Crippen molar-refractivity contribution in [3.05, 3.63) is 121 Å². The van der Waals surface area contributed by atoms with Gasteiger partial charge in [-0.15, -0.1) is 29.7 Å². The Morgan fingerprint density at radius 2 is 1.66 bits per heavy atom. The number of para-hydroxylation sites is 1. The number of benzene rings is 4. The van der Waals surface area contributed by atoms with Crippen molar-refractivity contribution in [1.29, 1.82) is 0 Å². The molecule has 1 saturated heterocycles. The van der Waals surface area contributed by atoms with E-state index in [1.165, 1.54) is 0 Å². The van der Waals surface area contributed by atoms with Gasteiger partial charge in [-0.1, -0.05) is 42.8 Å². The monoisotopic (exact) mass is 719 g/mol. The van der Waals surface area contributed by atoms with Crippen LogP contribution in [0.5, 0.6) is 11.5 Å². The minimum absolute atomic E-state index is 0. The first-order valence-electron chi connectivity index (χ1n) is 14.9. The predicted octanol–water partition coefficient (Wildman–Crippen LogP) is 8.17. The van der Waals surface area contributed by atoms with Crippen LogP contribution in [0.3, 0.4) is 0 Å². The van der Waals surface area contributed by atoms with Crippen LogP contribution in [0.2, 0.25) is 0 Å². The zero-order valence-corrected chi connectivity index (χ0v) is 25.2. The number of pyridine rings is 1. The van der Waals surface area contributed by atoms with E-state index < -0.39 is 6.98 Å². The molecule has 6 heteroatoms. The summed E-state index contributed by atoms with van der Waals surface area (Å²) in [5.41, 5.74) is 7.84. The molecule has 1 fully saturated rings. The summed E-state index contributed by atoms with van der Waals surface area (Å²) < 4.78 is 34.0. The van der Waals surface area contributed by atoms with Crippen LogP contribution in [0.1, 0.15) is 20.8 Å². The Labute approximate surface area is 258 Å². The SMILES string of the molecule is [2H]C([2H])([2H])[N@+]12[CH-][N@+](c3[c-]c(Oc4[c-]c5c(cc4)c4ccccc4n5-c4ccccn4)cc(C)c3)(C1)c1cc(C)c(C)cc12.[Pt]. The minimum Gasteiger partial charge on any atom is -0.509 e. The molecule has 6 aromatic rings. The first-order valence-corrected chi connectivity index (χ1v) is 13.4. The molecule has 5 nitrogen and oxygen atoms in total. The maximum absolute atomic E-state index is 8.41. The molecule has 0 unspecified atom stereocenters. The van der Waals surface area contributed by atoms with Gasteiger partial charge in [0.15, 0.2) is 18.0 Å². The molecule has 3 aliphatic rings. The Morgan fingerprint density at radius 1 is 0.878 bits per heavy atom. The number of nitrogens with zero attached hydrogens (tertiary/aromatic N) is 4. The Kier molecular flexibility index (Phi) is 5.09. The third-order valence-electron chi connectivity index (χ3n) is 8.35. The second-order valence-corrected chi connectivity index (χ2v) is 11.1.